The number of benzene rings is 2. The minimum absolute atomic E-state index is 0.172. The summed E-state index contributed by atoms with van der Waals surface area (Å²) in [5.74, 6) is 0.696. The molecule has 1 N–H and O–H groups in total. The monoisotopic (exact) mass is 406 g/mol. The van der Waals surface area contributed by atoms with Gasteiger partial charge in [0.2, 0.25) is 5.88 Å². The molecule has 0 fully saturated rings. The van der Waals surface area contributed by atoms with Crippen LogP contribution in [0.1, 0.15) is 11.1 Å². The Morgan fingerprint density at radius 2 is 1.62 bits per heavy atom. The molecule has 152 valence electrons. The molecule has 0 aliphatic rings. The van der Waals surface area contributed by atoms with Gasteiger partial charge in [-0.05, 0) is 47.5 Å². The first-order chi connectivity index (χ1) is 13.9. The molecule has 0 radical (unpaired) electrons. The molecule has 0 bridgehead atoms. The highest BCUT2D eigenvalue weighted by atomic mass is 19.4. The lowest BCUT2D eigenvalue weighted by atomic mass is 10.2. The summed E-state index contributed by atoms with van der Waals surface area (Å²) < 4.78 is 59.9. The molecule has 0 amide bonds. The third-order valence-corrected chi connectivity index (χ3v) is 3.79. The van der Waals surface area contributed by atoms with E-state index in [1.807, 2.05) is 6.07 Å². The number of rotatable bonds is 8. The van der Waals surface area contributed by atoms with E-state index < -0.39 is 12.8 Å². The van der Waals surface area contributed by atoms with E-state index in [-0.39, 0.29) is 11.6 Å². The van der Waals surface area contributed by atoms with Crippen LogP contribution < -0.4 is 14.8 Å². The number of ether oxygens (including phenoxy) is 2. The quantitative estimate of drug-likeness (QED) is 0.520. The molecule has 4 nitrogen and oxygen atoms in total. The topological polar surface area (TPSA) is 43.4 Å². The Kier molecular flexibility index (Phi) is 6.66. The van der Waals surface area contributed by atoms with Gasteiger partial charge in [-0.1, -0.05) is 18.2 Å². The van der Waals surface area contributed by atoms with Gasteiger partial charge >= 0.3 is 6.18 Å². The average molecular weight is 406 g/mol. The van der Waals surface area contributed by atoms with E-state index in [4.69, 9.17) is 9.47 Å². The summed E-state index contributed by atoms with van der Waals surface area (Å²) in [7, 11) is 0. The maximum absolute atomic E-state index is 12.9. The minimum atomic E-state index is -4.37. The summed E-state index contributed by atoms with van der Waals surface area (Å²) >= 11 is 0. The maximum Gasteiger partial charge on any atom is 0.422 e. The minimum Gasteiger partial charge on any atom is -0.484 e. The third-order valence-electron chi connectivity index (χ3n) is 3.79. The van der Waals surface area contributed by atoms with Gasteiger partial charge in [0, 0.05) is 25.4 Å². The second kappa shape index (κ2) is 9.38. The summed E-state index contributed by atoms with van der Waals surface area (Å²) in [6.07, 6.45) is -2.72. The first-order valence-corrected chi connectivity index (χ1v) is 8.75. The van der Waals surface area contributed by atoms with Gasteiger partial charge in [0.15, 0.2) is 6.61 Å². The summed E-state index contributed by atoms with van der Waals surface area (Å²) in [4.78, 5) is 4.20. The molecule has 3 rings (SSSR count). The molecule has 0 spiro atoms. The van der Waals surface area contributed by atoms with Crippen molar-refractivity contribution in [2.45, 2.75) is 19.3 Å². The first kappa shape index (κ1) is 20.6. The molecule has 8 heteroatoms. The van der Waals surface area contributed by atoms with E-state index in [1.165, 1.54) is 30.3 Å². The van der Waals surface area contributed by atoms with Crippen molar-refractivity contribution in [1.82, 2.24) is 10.3 Å². The van der Waals surface area contributed by atoms with E-state index in [9.17, 15) is 17.6 Å². The van der Waals surface area contributed by atoms with Crippen molar-refractivity contribution in [1.29, 1.82) is 0 Å². The number of aromatic nitrogens is 1. The highest BCUT2D eigenvalue weighted by Gasteiger charge is 2.28. The number of pyridine rings is 1. The van der Waals surface area contributed by atoms with Crippen molar-refractivity contribution in [2.24, 2.45) is 0 Å². The summed E-state index contributed by atoms with van der Waals surface area (Å²) in [6, 6.07) is 15.7. The number of nitrogens with one attached hydrogen (secondary N) is 1. The molecule has 29 heavy (non-hydrogen) atoms. The number of hydrogen-bond donors (Lipinski definition) is 1. The van der Waals surface area contributed by atoms with Crippen molar-refractivity contribution in [2.75, 3.05) is 6.61 Å². The molecule has 0 aliphatic heterocycles. The van der Waals surface area contributed by atoms with Gasteiger partial charge in [0.05, 0.1) is 0 Å². The van der Waals surface area contributed by atoms with Crippen molar-refractivity contribution >= 4 is 0 Å². The lowest BCUT2D eigenvalue weighted by molar-refractivity contribution is -0.153. The van der Waals surface area contributed by atoms with Crippen molar-refractivity contribution in [3.05, 3.63) is 83.8 Å². The van der Waals surface area contributed by atoms with E-state index in [0.717, 1.165) is 11.1 Å². The Morgan fingerprint density at radius 1 is 0.862 bits per heavy atom. The van der Waals surface area contributed by atoms with Crippen molar-refractivity contribution < 1.29 is 27.0 Å². The molecule has 0 atom stereocenters. The number of halogens is 4. The van der Waals surface area contributed by atoms with Gasteiger partial charge < -0.3 is 14.8 Å². The fraction of sp³-hybridized carbons (Fsp3) is 0.190. The molecule has 2 aromatic carbocycles. The molecule has 0 saturated carbocycles. The van der Waals surface area contributed by atoms with Gasteiger partial charge in [-0.2, -0.15) is 13.2 Å². The standard InChI is InChI=1S/C21H18F4N2O2/c22-17-5-7-18(8-6-17)29-20-9-4-16(13-27-20)12-26-11-15-2-1-3-19(10-15)28-14-21(23,24)25/h1-10,13,26H,11-12,14H2. The Labute approximate surface area is 165 Å². The van der Waals surface area contributed by atoms with Crippen LogP contribution in [-0.2, 0) is 13.1 Å². The normalized spacial score (nSPS) is 11.3. The molecular weight excluding hydrogens is 388 g/mol. The van der Waals surface area contributed by atoms with Crippen LogP contribution in [0.3, 0.4) is 0 Å². The van der Waals surface area contributed by atoms with E-state index in [2.05, 4.69) is 10.3 Å². The highest BCUT2D eigenvalue weighted by Crippen LogP contribution is 2.20. The number of hydrogen-bond acceptors (Lipinski definition) is 4. The zero-order valence-corrected chi connectivity index (χ0v) is 15.2. The largest absolute Gasteiger partial charge is 0.484 e. The number of alkyl halides is 3. The van der Waals surface area contributed by atoms with Crippen LogP contribution in [0.4, 0.5) is 17.6 Å². The second-order valence-electron chi connectivity index (χ2n) is 6.22. The van der Waals surface area contributed by atoms with E-state index >= 15 is 0 Å². The zero-order valence-electron chi connectivity index (χ0n) is 15.2. The fourth-order valence-corrected chi connectivity index (χ4v) is 2.46. The molecule has 3 aromatic rings. The summed E-state index contributed by atoms with van der Waals surface area (Å²) in [5, 5.41) is 3.19. The van der Waals surface area contributed by atoms with Crippen LogP contribution in [0.5, 0.6) is 17.4 Å². The molecule has 0 unspecified atom stereocenters. The van der Waals surface area contributed by atoms with Crippen LogP contribution in [-0.4, -0.2) is 17.8 Å². The van der Waals surface area contributed by atoms with Crippen LogP contribution >= 0.6 is 0 Å². The van der Waals surface area contributed by atoms with E-state index in [1.54, 1.807) is 30.5 Å². The fourth-order valence-electron chi connectivity index (χ4n) is 2.46. The number of nitrogens with zero attached hydrogens (tertiary/aromatic N) is 1. The van der Waals surface area contributed by atoms with Gasteiger partial charge in [-0.25, -0.2) is 9.37 Å². The van der Waals surface area contributed by atoms with Crippen LogP contribution in [0.15, 0.2) is 66.9 Å². The lowest BCUT2D eigenvalue weighted by Gasteiger charge is -2.11. The predicted molar refractivity (Wildman–Crippen MR) is 99.2 cm³/mol. The average Bonchev–Trinajstić information content (AvgIpc) is 2.69. The van der Waals surface area contributed by atoms with Crippen molar-refractivity contribution in [3.8, 4) is 17.4 Å². The second-order valence-corrected chi connectivity index (χ2v) is 6.22. The predicted octanol–water partition coefficient (Wildman–Crippen LogP) is 5.24. The van der Waals surface area contributed by atoms with Crippen molar-refractivity contribution in [3.63, 3.8) is 0 Å². The molecule has 0 aliphatic carbocycles. The Morgan fingerprint density at radius 3 is 2.31 bits per heavy atom. The molecule has 0 saturated heterocycles. The third kappa shape index (κ3) is 7.08. The van der Waals surface area contributed by atoms with Crippen LogP contribution in [0.25, 0.3) is 0 Å². The molecule has 1 aromatic heterocycles. The smallest absolute Gasteiger partial charge is 0.422 e. The first-order valence-electron chi connectivity index (χ1n) is 8.75. The lowest BCUT2D eigenvalue weighted by Crippen LogP contribution is -2.19. The van der Waals surface area contributed by atoms with Gasteiger partial charge in [-0.3, -0.25) is 0 Å². The van der Waals surface area contributed by atoms with Gasteiger partial charge in [-0.15, -0.1) is 0 Å². The van der Waals surface area contributed by atoms with Gasteiger partial charge in [0.1, 0.15) is 17.3 Å². The van der Waals surface area contributed by atoms with Gasteiger partial charge in [0.25, 0.3) is 0 Å². The summed E-state index contributed by atoms with van der Waals surface area (Å²) in [6.45, 7) is -0.351. The Balaban J connectivity index is 1.47. The Hall–Kier alpha value is -3.13. The van der Waals surface area contributed by atoms with Crippen LogP contribution in [0, 0.1) is 5.82 Å². The molecule has 1 heterocycles. The summed E-state index contributed by atoms with van der Waals surface area (Å²) in [5.41, 5.74) is 1.70. The zero-order chi connectivity index (χ0) is 20.7. The van der Waals surface area contributed by atoms with Crippen LogP contribution in [0.2, 0.25) is 0 Å². The van der Waals surface area contributed by atoms with E-state index in [0.29, 0.717) is 24.7 Å². The highest BCUT2D eigenvalue weighted by molar-refractivity contribution is 5.29. The Bertz CT molecular complexity index is 913. The SMILES string of the molecule is Fc1ccc(Oc2ccc(CNCc3cccc(OCC(F)(F)F)c3)cn2)cc1. The molecular formula is C21H18F4N2O2. The maximum atomic E-state index is 12.9.